The Balaban J connectivity index is 2.10. The van der Waals surface area contributed by atoms with Gasteiger partial charge < -0.3 is 15.8 Å². The van der Waals surface area contributed by atoms with Crippen molar-refractivity contribution in [3.8, 4) is 0 Å². The molecule has 1 amide bonds. The van der Waals surface area contributed by atoms with Crippen LogP contribution < -0.4 is 11.1 Å². The zero-order valence-corrected chi connectivity index (χ0v) is 11.0. The second-order valence-electron chi connectivity index (χ2n) is 4.65. The van der Waals surface area contributed by atoms with Crippen molar-refractivity contribution in [1.29, 1.82) is 0 Å². The number of hydrogen-bond acceptors (Lipinski definition) is 3. The van der Waals surface area contributed by atoms with Gasteiger partial charge in [0.2, 0.25) is 5.91 Å². The third-order valence-corrected chi connectivity index (χ3v) is 3.54. The van der Waals surface area contributed by atoms with E-state index < -0.39 is 5.91 Å². The molecule has 1 heterocycles. The maximum atomic E-state index is 11.1. The molecular formula is C13H17ClN2O2. The lowest BCUT2D eigenvalue weighted by molar-refractivity contribution is 0.0538. The van der Waals surface area contributed by atoms with Crippen LogP contribution in [0, 0.1) is 5.92 Å². The molecule has 98 valence electrons. The number of halogens is 1. The van der Waals surface area contributed by atoms with Gasteiger partial charge in [0, 0.05) is 18.3 Å². The summed E-state index contributed by atoms with van der Waals surface area (Å²) in [5.41, 5.74) is 6.47. The first-order chi connectivity index (χ1) is 8.58. The summed E-state index contributed by atoms with van der Waals surface area (Å²) in [5, 5.41) is 3.80. The second-order valence-corrected chi connectivity index (χ2v) is 5.06. The summed E-state index contributed by atoms with van der Waals surface area (Å²) in [4.78, 5) is 11.1. The molecule has 0 spiro atoms. The minimum absolute atomic E-state index is 0.349. The number of benzene rings is 1. The van der Waals surface area contributed by atoms with Crippen LogP contribution in [0.25, 0.3) is 0 Å². The molecule has 1 aromatic rings. The molecule has 0 aliphatic carbocycles. The van der Waals surface area contributed by atoms with Gasteiger partial charge in [0.05, 0.1) is 17.2 Å². The number of carbonyl (C=O) groups is 1. The van der Waals surface area contributed by atoms with Crippen LogP contribution in [0.15, 0.2) is 18.2 Å². The maximum absolute atomic E-state index is 11.1. The molecule has 5 heteroatoms. The number of primary amides is 1. The van der Waals surface area contributed by atoms with Crippen molar-refractivity contribution < 1.29 is 9.53 Å². The van der Waals surface area contributed by atoms with Gasteiger partial charge in [-0.2, -0.15) is 0 Å². The highest BCUT2D eigenvalue weighted by Crippen LogP contribution is 2.24. The second kappa shape index (κ2) is 5.59. The smallest absolute Gasteiger partial charge is 0.250 e. The Bertz CT molecular complexity index is 451. The molecule has 1 aliphatic rings. The molecule has 1 saturated heterocycles. The van der Waals surface area contributed by atoms with Crippen molar-refractivity contribution in [3.05, 3.63) is 28.8 Å². The van der Waals surface area contributed by atoms with Crippen LogP contribution in [0.2, 0.25) is 5.02 Å². The van der Waals surface area contributed by atoms with Crippen molar-refractivity contribution in [1.82, 2.24) is 0 Å². The standard InChI is InChI=1S/C13H17ClN2O2/c1-8-7-18-5-4-12(8)16-9-2-3-10(13(15)17)11(14)6-9/h2-3,6,8,12,16H,4-5,7H2,1H3,(H2,15,17). The minimum Gasteiger partial charge on any atom is -0.382 e. The quantitative estimate of drug-likeness (QED) is 0.884. The monoisotopic (exact) mass is 268 g/mol. The number of nitrogens with two attached hydrogens (primary N) is 1. The molecular weight excluding hydrogens is 252 g/mol. The molecule has 4 nitrogen and oxygen atoms in total. The Kier molecular flexibility index (Phi) is 4.09. The zero-order valence-electron chi connectivity index (χ0n) is 10.3. The molecule has 2 unspecified atom stereocenters. The SMILES string of the molecule is CC1COCCC1Nc1ccc(C(N)=O)c(Cl)c1. The van der Waals surface area contributed by atoms with E-state index in [9.17, 15) is 4.79 Å². The summed E-state index contributed by atoms with van der Waals surface area (Å²) >= 11 is 6.01. The molecule has 0 saturated carbocycles. The van der Waals surface area contributed by atoms with Crippen LogP contribution in [0.1, 0.15) is 23.7 Å². The molecule has 1 aromatic carbocycles. The molecule has 2 atom stereocenters. The molecule has 3 N–H and O–H groups in total. The van der Waals surface area contributed by atoms with Gasteiger partial charge in [0.1, 0.15) is 0 Å². The third-order valence-electron chi connectivity index (χ3n) is 3.23. The van der Waals surface area contributed by atoms with E-state index >= 15 is 0 Å². The number of amides is 1. The number of nitrogens with one attached hydrogen (secondary N) is 1. The van der Waals surface area contributed by atoms with E-state index in [2.05, 4.69) is 12.2 Å². The topological polar surface area (TPSA) is 64.3 Å². The lowest BCUT2D eigenvalue weighted by Crippen LogP contribution is -2.35. The van der Waals surface area contributed by atoms with Crippen molar-refractivity contribution in [2.24, 2.45) is 11.7 Å². The van der Waals surface area contributed by atoms with Gasteiger partial charge in [-0.25, -0.2) is 0 Å². The van der Waals surface area contributed by atoms with Gasteiger partial charge in [-0.15, -0.1) is 0 Å². The average molecular weight is 269 g/mol. The predicted octanol–water partition coefficient (Wildman–Crippen LogP) is 2.28. The first-order valence-electron chi connectivity index (χ1n) is 6.01. The summed E-state index contributed by atoms with van der Waals surface area (Å²) < 4.78 is 5.40. The van der Waals surface area contributed by atoms with Crippen LogP contribution in [-0.2, 0) is 4.74 Å². The highest BCUT2D eigenvalue weighted by molar-refractivity contribution is 6.34. The van der Waals surface area contributed by atoms with Crippen molar-refractivity contribution in [2.75, 3.05) is 18.5 Å². The van der Waals surface area contributed by atoms with Gasteiger partial charge in [0.15, 0.2) is 0 Å². The van der Waals surface area contributed by atoms with Crippen molar-refractivity contribution in [3.63, 3.8) is 0 Å². The fourth-order valence-corrected chi connectivity index (χ4v) is 2.39. The summed E-state index contributed by atoms with van der Waals surface area (Å²) in [6, 6.07) is 5.59. The van der Waals surface area contributed by atoms with E-state index in [0.717, 1.165) is 25.3 Å². The minimum atomic E-state index is -0.508. The summed E-state index contributed by atoms with van der Waals surface area (Å²) in [6.45, 7) is 3.69. The fraction of sp³-hybridized carbons (Fsp3) is 0.462. The third kappa shape index (κ3) is 2.94. The number of rotatable bonds is 3. The summed E-state index contributed by atoms with van der Waals surface area (Å²) in [6.07, 6.45) is 0.969. The summed E-state index contributed by atoms with van der Waals surface area (Å²) in [5.74, 6) is -0.0562. The van der Waals surface area contributed by atoms with E-state index in [1.807, 2.05) is 6.07 Å². The van der Waals surface area contributed by atoms with Crippen LogP contribution in [0.5, 0.6) is 0 Å². The molecule has 0 aromatic heterocycles. The van der Waals surface area contributed by atoms with Gasteiger partial charge in [0.25, 0.3) is 0 Å². The van der Waals surface area contributed by atoms with Crippen LogP contribution >= 0.6 is 11.6 Å². The predicted molar refractivity (Wildman–Crippen MR) is 72.0 cm³/mol. The van der Waals surface area contributed by atoms with Crippen LogP contribution in [0.3, 0.4) is 0 Å². The first-order valence-corrected chi connectivity index (χ1v) is 6.39. The number of ether oxygens (including phenoxy) is 1. The largest absolute Gasteiger partial charge is 0.382 e. The van der Waals surface area contributed by atoms with E-state index in [0.29, 0.717) is 22.5 Å². The highest BCUT2D eigenvalue weighted by Gasteiger charge is 2.21. The van der Waals surface area contributed by atoms with E-state index in [4.69, 9.17) is 22.1 Å². The highest BCUT2D eigenvalue weighted by atomic mass is 35.5. The lowest BCUT2D eigenvalue weighted by Gasteiger charge is -2.30. The van der Waals surface area contributed by atoms with Gasteiger partial charge in [-0.05, 0) is 30.5 Å². The van der Waals surface area contributed by atoms with E-state index in [1.54, 1.807) is 12.1 Å². The van der Waals surface area contributed by atoms with Crippen LogP contribution in [-0.4, -0.2) is 25.2 Å². The number of carbonyl (C=O) groups excluding carboxylic acids is 1. The number of anilines is 1. The molecule has 1 aliphatic heterocycles. The molecule has 1 fully saturated rings. The normalized spacial score (nSPS) is 23.7. The van der Waals surface area contributed by atoms with Gasteiger partial charge in [-0.3, -0.25) is 4.79 Å². The van der Waals surface area contributed by atoms with Crippen molar-refractivity contribution >= 4 is 23.2 Å². The Morgan fingerprint density at radius 2 is 2.33 bits per heavy atom. The Labute approximate surface area is 111 Å². The molecule has 0 bridgehead atoms. The zero-order chi connectivity index (χ0) is 13.1. The van der Waals surface area contributed by atoms with E-state index in [-0.39, 0.29) is 0 Å². The Morgan fingerprint density at radius 1 is 1.56 bits per heavy atom. The first kappa shape index (κ1) is 13.2. The Morgan fingerprint density at radius 3 is 2.94 bits per heavy atom. The molecule has 0 radical (unpaired) electrons. The Hall–Kier alpha value is -1.26. The van der Waals surface area contributed by atoms with Crippen LogP contribution in [0.4, 0.5) is 5.69 Å². The maximum Gasteiger partial charge on any atom is 0.250 e. The fourth-order valence-electron chi connectivity index (χ4n) is 2.11. The average Bonchev–Trinajstić information content (AvgIpc) is 2.32. The molecule has 18 heavy (non-hydrogen) atoms. The van der Waals surface area contributed by atoms with Crippen molar-refractivity contribution in [2.45, 2.75) is 19.4 Å². The number of hydrogen-bond donors (Lipinski definition) is 2. The van der Waals surface area contributed by atoms with Gasteiger partial charge >= 0.3 is 0 Å². The summed E-state index contributed by atoms with van der Waals surface area (Å²) in [7, 11) is 0. The molecule has 2 rings (SSSR count). The lowest BCUT2D eigenvalue weighted by atomic mass is 9.97. The van der Waals surface area contributed by atoms with Gasteiger partial charge in [-0.1, -0.05) is 18.5 Å². The van der Waals surface area contributed by atoms with E-state index in [1.165, 1.54) is 0 Å².